The van der Waals surface area contributed by atoms with Gasteiger partial charge >= 0.3 is 0 Å². The summed E-state index contributed by atoms with van der Waals surface area (Å²) >= 11 is 0. The number of rotatable bonds is 6. The van der Waals surface area contributed by atoms with Crippen LogP contribution in [0.5, 0.6) is 0 Å². The van der Waals surface area contributed by atoms with E-state index in [2.05, 4.69) is 26.4 Å². The van der Waals surface area contributed by atoms with Gasteiger partial charge in [-0.25, -0.2) is 0 Å². The Bertz CT molecular complexity index is 468. The molecule has 2 N–H and O–H groups in total. The number of carbonyl (C=O) groups excluding carboxylic acids is 2. The predicted octanol–water partition coefficient (Wildman–Crippen LogP) is 0.191. The van der Waals surface area contributed by atoms with Crippen molar-refractivity contribution in [1.82, 2.24) is 20.4 Å². The SMILES string of the molecule is C#CCNC(=O)CN1CCCN(C(C)C(=O)NC2CCCC2)CC1. The maximum absolute atomic E-state index is 12.4. The van der Waals surface area contributed by atoms with Gasteiger partial charge < -0.3 is 10.6 Å². The van der Waals surface area contributed by atoms with Crippen LogP contribution in [0.15, 0.2) is 0 Å². The van der Waals surface area contributed by atoms with E-state index in [9.17, 15) is 9.59 Å². The standard InChI is InChI=1S/C18H30N4O2/c1-3-9-19-17(23)14-21-10-6-11-22(13-12-21)15(2)18(24)20-16-7-4-5-8-16/h1,15-16H,4-14H2,2H3,(H,19,23)(H,20,24). The van der Waals surface area contributed by atoms with E-state index < -0.39 is 0 Å². The van der Waals surface area contributed by atoms with E-state index in [1.165, 1.54) is 12.8 Å². The van der Waals surface area contributed by atoms with Crippen molar-refractivity contribution in [1.29, 1.82) is 0 Å². The average molecular weight is 334 g/mol. The van der Waals surface area contributed by atoms with Gasteiger partial charge in [-0.3, -0.25) is 19.4 Å². The van der Waals surface area contributed by atoms with E-state index in [-0.39, 0.29) is 24.4 Å². The molecule has 1 atom stereocenters. The van der Waals surface area contributed by atoms with Crippen molar-refractivity contribution < 1.29 is 9.59 Å². The highest BCUT2D eigenvalue weighted by atomic mass is 16.2. The lowest BCUT2D eigenvalue weighted by molar-refractivity contribution is -0.126. The van der Waals surface area contributed by atoms with Crippen molar-refractivity contribution in [2.75, 3.05) is 39.3 Å². The molecule has 2 fully saturated rings. The van der Waals surface area contributed by atoms with Crippen molar-refractivity contribution in [2.45, 2.75) is 51.1 Å². The van der Waals surface area contributed by atoms with Crippen LogP contribution in [0.4, 0.5) is 0 Å². The highest BCUT2D eigenvalue weighted by molar-refractivity contribution is 5.81. The lowest BCUT2D eigenvalue weighted by Crippen LogP contribution is -2.49. The minimum atomic E-state index is -0.110. The number of nitrogens with one attached hydrogen (secondary N) is 2. The molecule has 0 bridgehead atoms. The monoisotopic (exact) mass is 334 g/mol. The van der Waals surface area contributed by atoms with Gasteiger partial charge in [-0.05, 0) is 32.7 Å². The first-order chi connectivity index (χ1) is 11.6. The van der Waals surface area contributed by atoms with Crippen molar-refractivity contribution >= 4 is 11.8 Å². The molecule has 1 saturated heterocycles. The molecular formula is C18H30N4O2. The minimum Gasteiger partial charge on any atom is -0.352 e. The third-order valence-corrected chi connectivity index (χ3v) is 5.01. The van der Waals surface area contributed by atoms with Gasteiger partial charge in [0.2, 0.25) is 11.8 Å². The van der Waals surface area contributed by atoms with Crippen LogP contribution in [0.25, 0.3) is 0 Å². The third kappa shape index (κ3) is 5.81. The fourth-order valence-electron chi connectivity index (χ4n) is 3.50. The summed E-state index contributed by atoms with van der Waals surface area (Å²) in [6.45, 7) is 6.00. The van der Waals surface area contributed by atoms with Crippen LogP contribution in [0, 0.1) is 12.3 Å². The Morgan fingerprint density at radius 3 is 2.62 bits per heavy atom. The predicted molar refractivity (Wildman–Crippen MR) is 94.3 cm³/mol. The Morgan fingerprint density at radius 2 is 1.92 bits per heavy atom. The highest BCUT2D eigenvalue weighted by Gasteiger charge is 2.26. The van der Waals surface area contributed by atoms with Crippen molar-refractivity contribution in [3.8, 4) is 12.3 Å². The summed E-state index contributed by atoms with van der Waals surface area (Å²) in [4.78, 5) is 28.6. The Morgan fingerprint density at radius 1 is 1.17 bits per heavy atom. The smallest absolute Gasteiger partial charge is 0.237 e. The van der Waals surface area contributed by atoms with Crippen molar-refractivity contribution in [3.05, 3.63) is 0 Å². The maximum Gasteiger partial charge on any atom is 0.237 e. The lowest BCUT2D eigenvalue weighted by Gasteiger charge is -2.28. The van der Waals surface area contributed by atoms with Gasteiger partial charge in [0.25, 0.3) is 0 Å². The summed E-state index contributed by atoms with van der Waals surface area (Å²) in [5.74, 6) is 2.52. The normalized spacial score (nSPS) is 21.7. The van der Waals surface area contributed by atoms with E-state index in [0.717, 1.165) is 45.4 Å². The minimum absolute atomic E-state index is 0.0339. The lowest BCUT2D eigenvalue weighted by atomic mass is 10.2. The van der Waals surface area contributed by atoms with E-state index >= 15 is 0 Å². The number of carbonyl (C=O) groups is 2. The molecule has 1 saturated carbocycles. The molecule has 6 nitrogen and oxygen atoms in total. The largest absolute Gasteiger partial charge is 0.352 e. The molecule has 0 spiro atoms. The van der Waals surface area contributed by atoms with Crippen LogP contribution in [0.3, 0.4) is 0 Å². The number of amides is 2. The van der Waals surface area contributed by atoms with Gasteiger partial charge in [0.05, 0.1) is 19.1 Å². The number of terminal acetylenes is 1. The van der Waals surface area contributed by atoms with E-state index in [4.69, 9.17) is 6.42 Å². The fraction of sp³-hybridized carbons (Fsp3) is 0.778. The molecule has 1 aliphatic carbocycles. The summed E-state index contributed by atoms with van der Waals surface area (Å²) in [5.41, 5.74) is 0. The zero-order valence-electron chi connectivity index (χ0n) is 14.7. The molecule has 0 radical (unpaired) electrons. The molecule has 2 amide bonds. The summed E-state index contributed by atoms with van der Waals surface area (Å²) < 4.78 is 0. The van der Waals surface area contributed by atoms with E-state index in [1.54, 1.807) is 0 Å². The first-order valence-corrected chi connectivity index (χ1v) is 9.07. The van der Waals surface area contributed by atoms with Gasteiger partial charge in [0.15, 0.2) is 0 Å². The van der Waals surface area contributed by atoms with Gasteiger partial charge in [0.1, 0.15) is 0 Å². The summed E-state index contributed by atoms with van der Waals surface area (Å²) in [6.07, 6.45) is 10.8. The molecular weight excluding hydrogens is 304 g/mol. The second-order valence-corrected chi connectivity index (χ2v) is 6.81. The molecule has 2 rings (SSSR count). The first kappa shape index (κ1) is 18.8. The second kappa shape index (κ2) is 9.65. The Kier molecular flexibility index (Phi) is 7.54. The van der Waals surface area contributed by atoms with Crippen molar-refractivity contribution in [3.63, 3.8) is 0 Å². The summed E-state index contributed by atoms with van der Waals surface area (Å²) in [6, 6.07) is 0.254. The fourth-order valence-corrected chi connectivity index (χ4v) is 3.50. The van der Waals surface area contributed by atoms with Crippen LogP contribution in [0.1, 0.15) is 39.0 Å². The molecule has 0 aromatic rings. The van der Waals surface area contributed by atoms with Gasteiger partial charge in [-0.2, -0.15) is 0 Å². The van der Waals surface area contributed by atoms with Gasteiger partial charge in [-0.1, -0.05) is 18.8 Å². The van der Waals surface area contributed by atoms with Gasteiger partial charge in [-0.15, -0.1) is 6.42 Å². The van der Waals surface area contributed by atoms with Crippen LogP contribution in [-0.4, -0.2) is 73.0 Å². The highest BCUT2D eigenvalue weighted by Crippen LogP contribution is 2.18. The molecule has 134 valence electrons. The van der Waals surface area contributed by atoms with Crippen molar-refractivity contribution in [2.24, 2.45) is 0 Å². The number of nitrogens with zero attached hydrogens (tertiary/aromatic N) is 2. The maximum atomic E-state index is 12.4. The quantitative estimate of drug-likeness (QED) is 0.681. The Hall–Kier alpha value is -1.58. The molecule has 24 heavy (non-hydrogen) atoms. The van der Waals surface area contributed by atoms with Crippen LogP contribution >= 0.6 is 0 Å². The molecule has 6 heteroatoms. The van der Waals surface area contributed by atoms with Gasteiger partial charge in [0, 0.05) is 25.7 Å². The molecule has 1 heterocycles. The first-order valence-electron chi connectivity index (χ1n) is 9.07. The Labute approximate surface area is 145 Å². The van der Waals surface area contributed by atoms with Crippen LogP contribution < -0.4 is 10.6 Å². The summed E-state index contributed by atoms with van der Waals surface area (Å²) in [5, 5.41) is 5.88. The molecule has 0 aromatic heterocycles. The van der Waals surface area contributed by atoms with E-state index in [1.807, 2.05) is 6.92 Å². The summed E-state index contributed by atoms with van der Waals surface area (Å²) in [7, 11) is 0. The zero-order chi connectivity index (χ0) is 17.4. The number of hydrogen-bond acceptors (Lipinski definition) is 4. The Balaban J connectivity index is 1.75. The average Bonchev–Trinajstić information content (AvgIpc) is 2.97. The second-order valence-electron chi connectivity index (χ2n) is 6.81. The molecule has 1 unspecified atom stereocenters. The zero-order valence-corrected chi connectivity index (χ0v) is 14.7. The van der Waals surface area contributed by atoms with Crippen LogP contribution in [-0.2, 0) is 9.59 Å². The number of hydrogen-bond donors (Lipinski definition) is 2. The topological polar surface area (TPSA) is 64.7 Å². The molecule has 1 aliphatic heterocycles. The molecule has 2 aliphatic rings. The van der Waals surface area contributed by atoms with E-state index in [0.29, 0.717) is 12.6 Å². The van der Waals surface area contributed by atoms with Crippen LogP contribution in [0.2, 0.25) is 0 Å². The molecule has 0 aromatic carbocycles. The third-order valence-electron chi connectivity index (χ3n) is 5.01.